The van der Waals surface area contributed by atoms with Crippen molar-refractivity contribution in [1.29, 1.82) is 0 Å². The fourth-order valence-corrected chi connectivity index (χ4v) is 4.67. The van der Waals surface area contributed by atoms with Gasteiger partial charge in [-0.25, -0.2) is 4.98 Å². The molecule has 0 aliphatic carbocycles. The molecule has 0 saturated carbocycles. The Morgan fingerprint density at radius 1 is 1.16 bits per heavy atom. The zero-order valence-electron chi connectivity index (χ0n) is 18.0. The summed E-state index contributed by atoms with van der Waals surface area (Å²) in [4.78, 5) is 32.5. The fourth-order valence-electron chi connectivity index (χ4n) is 4.01. The first kappa shape index (κ1) is 22.4. The van der Waals surface area contributed by atoms with Gasteiger partial charge in [-0.05, 0) is 55.2 Å². The van der Waals surface area contributed by atoms with Gasteiger partial charge in [-0.2, -0.15) is 0 Å². The molecule has 2 amide bonds. The van der Waals surface area contributed by atoms with E-state index in [1.54, 1.807) is 25.2 Å². The van der Waals surface area contributed by atoms with Crippen LogP contribution < -0.4 is 10.2 Å². The summed E-state index contributed by atoms with van der Waals surface area (Å²) in [7, 11) is 1.65. The molecular formula is C24H24Cl2N4O2. The second kappa shape index (κ2) is 9.35. The summed E-state index contributed by atoms with van der Waals surface area (Å²) in [5.74, 6) is 0.683. The molecule has 0 atom stereocenters. The summed E-state index contributed by atoms with van der Waals surface area (Å²) in [6.45, 7) is 2.84. The molecule has 2 aromatic carbocycles. The van der Waals surface area contributed by atoms with Crippen LogP contribution in [0.2, 0.25) is 10.0 Å². The highest BCUT2D eigenvalue weighted by Gasteiger charge is 2.29. The van der Waals surface area contributed by atoms with Crippen LogP contribution >= 0.6 is 23.2 Å². The number of aromatic nitrogens is 2. The minimum absolute atomic E-state index is 0.216. The first-order valence-corrected chi connectivity index (χ1v) is 11.3. The number of rotatable bonds is 5. The van der Waals surface area contributed by atoms with E-state index in [0.29, 0.717) is 33.7 Å². The van der Waals surface area contributed by atoms with Gasteiger partial charge in [-0.15, -0.1) is 0 Å². The van der Waals surface area contributed by atoms with Gasteiger partial charge in [0.2, 0.25) is 0 Å². The van der Waals surface area contributed by atoms with Crippen molar-refractivity contribution >= 4 is 40.8 Å². The topological polar surface area (TPSA) is 67.2 Å². The van der Waals surface area contributed by atoms with Crippen LogP contribution in [0.4, 0.5) is 5.82 Å². The van der Waals surface area contributed by atoms with Crippen LogP contribution in [0.15, 0.2) is 42.5 Å². The Balaban J connectivity index is 1.65. The summed E-state index contributed by atoms with van der Waals surface area (Å²) in [6.07, 6.45) is 2.74. The smallest absolute Gasteiger partial charge is 0.272 e. The van der Waals surface area contributed by atoms with Crippen LogP contribution in [0, 0.1) is 6.92 Å². The van der Waals surface area contributed by atoms with Crippen LogP contribution in [0.3, 0.4) is 0 Å². The van der Waals surface area contributed by atoms with E-state index >= 15 is 0 Å². The first-order chi connectivity index (χ1) is 15.4. The highest BCUT2D eigenvalue weighted by molar-refractivity contribution is 6.35. The first-order valence-electron chi connectivity index (χ1n) is 10.5. The highest BCUT2D eigenvalue weighted by Crippen LogP contribution is 2.28. The van der Waals surface area contributed by atoms with Gasteiger partial charge >= 0.3 is 0 Å². The van der Waals surface area contributed by atoms with Crippen molar-refractivity contribution in [3.63, 3.8) is 0 Å². The number of carbonyl (C=O) groups excluding carboxylic acids is 2. The number of aryl methyl sites for hydroxylation is 2. The van der Waals surface area contributed by atoms with Gasteiger partial charge in [0.15, 0.2) is 11.5 Å². The third kappa shape index (κ3) is 4.38. The molecule has 0 saturated heterocycles. The maximum absolute atomic E-state index is 13.3. The summed E-state index contributed by atoms with van der Waals surface area (Å²) in [6, 6.07) is 12.5. The summed E-state index contributed by atoms with van der Waals surface area (Å²) in [5, 5.41) is 4.02. The molecule has 8 heteroatoms. The van der Waals surface area contributed by atoms with Crippen molar-refractivity contribution in [3.05, 3.63) is 80.7 Å². The van der Waals surface area contributed by atoms with E-state index in [0.717, 1.165) is 36.2 Å². The Hall–Kier alpha value is -2.83. The Kier molecular flexibility index (Phi) is 6.53. The normalized spacial score (nSPS) is 12.9. The number of hydrogen-bond acceptors (Lipinski definition) is 3. The second-order valence-corrected chi connectivity index (χ2v) is 8.75. The maximum Gasteiger partial charge on any atom is 0.272 e. The molecular weight excluding hydrogens is 447 g/mol. The summed E-state index contributed by atoms with van der Waals surface area (Å²) < 4.78 is 1.93. The van der Waals surface area contributed by atoms with Gasteiger partial charge in [-0.1, -0.05) is 41.4 Å². The number of halogens is 2. The Morgan fingerprint density at radius 3 is 2.62 bits per heavy atom. The average molecular weight is 471 g/mol. The van der Waals surface area contributed by atoms with E-state index in [1.165, 1.54) is 4.90 Å². The van der Waals surface area contributed by atoms with Crippen molar-refractivity contribution in [1.82, 2.24) is 14.9 Å². The van der Waals surface area contributed by atoms with E-state index < -0.39 is 0 Å². The Morgan fingerprint density at radius 2 is 1.91 bits per heavy atom. The van der Waals surface area contributed by atoms with Gasteiger partial charge in [0, 0.05) is 42.2 Å². The number of fused-ring (bicyclic) bond motifs is 1. The lowest BCUT2D eigenvalue weighted by atomic mass is 10.1. The minimum Gasteiger partial charge on any atom is -0.346 e. The zero-order valence-corrected chi connectivity index (χ0v) is 19.5. The van der Waals surface area contributed by atoms with Gasteiger partial charge in [-0.3, -0.25) is 14.5 Å². The van der Waals surface area contributed by atoms with Crippen molar-refractivity contribution in [3.8, 4) is 0 Å². The summed E-state index contributed by atoms with van der Waals surface area (Å²) >= 11 is 12.4. The third-order valence-electron chi connectivity index (χ3n) is 5.73. The van der Waals surface area contributed by atoms with Gasteiger partial charge < -0.3 is 9.88 Å². The van der Waals surface area contributed by atoms with E-state index in [1.807, 2.05) is 35.8 Å². The lowest BCUT2D eigenvalue weighted by Crippen LogP contribution is -2.32. The van der Waals surface area contributed by atoms with E-state index in [9.17, 15) is 9.59 Å². The Bertz CT molecular complexity index is 1150. The second-order valence-electron chi connectivity index (χ2n) is 7.90. The molecule has 1 aromatic heterocycles. The number of benzene rings is 2. The standard InChI is InChI=1S/C24H24Cl2N4O2/c1-15-12-17(25)13-19(26)18(15)14-27-23(31)21-22(28-20-10-6-7-11-30(20)21)29(2)24(32)16-8-4-3-5-9-16/h3-5,8-9,12-13H,6-7,10-11,14H2,1-2H3,(H,27,31). The molecule has 0 fully saturated rings. The van der Waals surface area contributed by atoms with E-state index in [2.05, 4.69) is 10.3 Å². The molecule has 0 unspecified atom stereocenters. The van der Waals surface area contributed by atoms with Crippen LogP contribution in [-0.2, 0) is 19.5 Å². The fraction of sp³-hybridized carbons (Fsp3) is 0.292. The van der Waals surface area contributed by atoms with Gasteiger partial charge in [0.1, 0.15) is 5.82 Å². The number of nitrogens with one attached hydrogen (secondary N) is 1. The molecule has 3 aromatic rings. The zero-order chi connectivity index (χ0) is 22.8. The molecule has 1 aliphatic rings. The molecule has 6 nitrogen and oxygen atoms in total. The van der Waals surface area contributed by atoms with Crippen LogP contribution in [-0.4, -0.2) is 28.4 Å². The lowest BCUT2D eigenvalue weighted by Gasteiger charge is -2.19. The van der Waals surface area contributed by atoms with E-state index in [-0.39, 0.29) is 18.4 Å². The maximum atomic E-state index is 13.3. The molecule has 0 radical (unpaired) electrons. The van der Waals surface area contributed by atoms with Crippen molar-refractivity contribution < 1.29 is 9.59 Å². The number of anilines is 1. The van der Waals surface area contributed by atoms with Crippen molar-refractivity contribution in [2.75, 3.05) is 11.9 Å². The molecule has 2 heterocycles. The predicted molar refractivity (Wildman–Crippen MR) is 127 cm³/mol. The number of carbonyl (C=O) groups is 2. The SMILES string of the molecule is Cc1cc(Cl)cc(Cl)c1CNC(=O)c1c(N(C)C(=O)c2ccccc2)nc2n1CCCC2. The van der Waals surface area contributed by atoms with Crippen LogP contribution in [0.25, 0.3) is 0 Å². The van der Waals surface area contributed by atoms with Gasteiger partial charge in [0.25, 0.3) is 11.8 Å². The quantitative estimate of drug-likeness (QED) is 0.567. The molecule has 0 spiro atoms. The minimum atomic E-state index is -0.293. The van der Waals surface area contributed by atoms with Gasteiger partial charge in [0.05, 0.1) is 0 Å². The number of nitrogens with zero attached hydrogens (tertiary/aromatic N) is 3. The third-order valence-corrected chi connectivity index (χ3v) is 6.28. The monoisotopic (exact) mass is 470 g/mol. The molecule has 166 valence electrons. The molecule has 1 aliphatic heterocycles. The van der Waals surface area contributed by atoms with Crippen molar-refractivity contribution in [2.45, 2.75) is 39.3 Å². The van der Waals surface area contributed by atoms with Crippen LogP contribution in [0.1, 0.15) is 50.6 Å². The average Bonchev–Trinajstić information content (AvgIpc) is 3.17. The molecule has 1 N–H and O–H groups in total. The predicted octanol–water partition coefficient (Wildman–Crippen LogP) is 5.04. The molecule has 32 heavy (non-hydrogen) atoms. The van der Waals surface area contributed by atoms with Crippen molar-refractivity contribution in [2.24, 2.45) is 0 Å². The Labute approximate surface area is 197 Å². The highest BCUT2D eigenvalue weighted by atomic mass is 35.5. The number of imidazole rings is 1. The van der Waals surface area contributed by atoms with Crippen LogP contribution in [0.5, 0.6) is 0 Å². The van der Waals surface area contributed by atoms with E-state index in [4.69, 9.17) is 23.2 Å². The largest absolute Gasteiger partial charge is 0.346 e. The number of amides is 2. The summed E-state index contributed by atoms with van der Waals surface area (Å²) in [5.41, 5.74) is 2.64. The molecule has 0 bridgehead atoms. The number of hydrogen-bond donors (Lipinski definition) is 1. The lowest BCUT2D eigenvalue weighted by molar-refractivity contribution is 0.0941. The molecule has 4 rings (SSSR count).